The van der Waals surface area contributed by atoms with Crippen molar-refractivity contribution < 1.29 is 14.3 Å². The normalized spacial score (nSPS) is 10.6. The van der Waals surface area contributed by atoms with E-state index in [4.69, 9.17) is 9.47 Å². The van der Waals surface area contributed by atoms with Gasteiger partial charge in [-0.15, -0.1) is 0 Å². The second-order valence-corrected chi connectivity index (χ2v) is 5.76. The molecule has 0 atom stereocenters. The molecular formula is C20H21N3O4. The number of H-pyrrole nitrogens is 1. The van der Waals surface area contributed by atoms with Crippen LogP contribution >= 0.6 is 0 Å². The van der Waals surface area contributed by atoms with Crippen LogP contribution in [0.5, 0.6) is 11.5 Å². The summed E-state index contributed by atoms with van der Waals surface area (Å²) in [6.07, 6.45) is 0. The van der Waals surface area contributed by atoms with E-state index < -0.39 is 0 Å². The minimum absolute atomic E-state index is 0.188. The van der Waals surface area contributed by atoms with Gasteiger partial charge in [-0.05, 0) is 38.1 Å². The summed E-state index contributed by atoms with van der Waals surface area (Å²) in [6, 6.07) is 12.2. The fourth-order valence-corrected chi connectivity index (χ4v) is 2.76. The zero-order chi connectivity index (χ0) is 19.2. The molecule has 2 aromatic carbocycles. The van der Waals surface area contributed by atoms with Crippen LogP contribution in [0.1, 0.15) is 29.9 Å². The van der Waals surface area contributed by atoms with Crippen molar-refractivity contribution in [2.24, 2.45) is 0 Å². The average molecular weight is 367 g/mol. The SMILES string of the molecule is CCOc1ccc(C(=O)NCc2n[nH]c(=O)c3ccccc23)cc1OCC. The summed E-state index contributed by atoms with van der Waals surface area (Å²) in [6.45, 7) is 4.93. The van der Waals surface area contributed by atoms with Crippen LogP contribution in [-0.2, 0) is 6.54 Å². The fourth-order valence-electron chi connectivity index (χ4n) is 2.76. The number of fused-ring (bicyclic) bond motifs is 1. The van der Waals surface area contributed by atoms with E-state index in [0.717, 1.165) is 0 Å². The molecule has 1 amide bonds. The fraction of sp³-hybridized carbons (Fsp3) is 0.250. The average Bonchev–Trinajstić information content (AvgIpc) is 2.69. The first kappa shape index (κ1) is 18.4. The lowest BCUT2D eigenvalue weighted by atomic mass is 10.1. The van der Waals surface area contributed by atoms with Gasteiger partial charge in [0.25, 0.3) is 11.5 Å². The van der Waals surface area contributed by atoms with Crippen LogP contribution in [0, 0.1) is 0 Å². The van der Waals surface area contributed by atoms with Crippen molar-refractivity contribution in [3.63, 3.8) is 0 Å². The molecule has 0 unspecified atom stereocenters. The Bertz CT molecular complexity index is 1010. The third-order valence-corrected chi connectivity index (χ3v) is 4.00. The predicted octanol–water partition coefficient (Wildman–Crippen LogP) is 2.65. The number of nitrogens with one attached hydrogen (secondary N) is 2. The maximum atomic E-state index is 12.5. The molecule has 3 rings (SSSR count). The summed E-state index contributed by atoms with van der Waals surface area (Å²) in [5.41, 5.74) is 0.790. The lowest BCUT2D eigenvalue weighted by Gasteiger charge is -2.12. The van der Waals surface area contributed by atoms with Crippen LogP contribution in [0.4, 0.5) is 0 Å². The molecule has 140 valence electrons. The van der Waals surface area contributed by atoms with Crippen molar-refractivity contribution in [1.29, 1.82) is 0 Å². The van der Waals surface area contributed by atoms with Crippen LogP contribution in [0.3, 0.4) is 0 Å². The lowest BCUT2D eigenvalue weighted by molar-refractivity contribution is 0.0950. The molecule has 0 spiro atoms. The number of nitrogens with zero attached hydrogens (tertiary/aromatic N) is 1. The van der Waals surface area contributed by atoms with Crippen molar-refractivity contribution in [3.8, 4) is 11.5 Å². The number of aromatic amines is 1. The highest BCUT2D eigenvalue weighted by Gasteiger charge is 2.13. The number of ether oxygens (including phenoxy) is 2. The number of amides is 1. The molecule has 1 heterocycles. The molecular weight excluding hydrogens is 346 g/mol. The number of hydrogen-bond acceptors (Lipinski definition) is 5. The monoisotopic (exact) mass is 367 g/mol. The summed E-state index contributed by atoms with van der Waals surface area (Å²) in [5.74, 6) is 0.861. The molecule has 0 aliphatic rings. The first-order chi connectivity index (χ1) is 13.1. The second-order valence-electron chi connectivity index (χ2n) is 5.76. The van der Waals surface area contributed by atoms with E-state index in [1.165, 1.54) is 0 Å². The smallest absolute Gasteiger partial charge is 0.272 e. The van der Waals surface area contributed by atoms with E-state index in [1.807, 2.05) is 26.0 Å². The quantitative estimate of drug-likeness (QED) is 0.670. The van der Waals surface area contributed by atoms with Crippen LogP contribution in [0.2, 0.25) is 0 Å². The minimum atomic E-state index is -0.268. The van der Waals surface area contributed by atoms with Gasteiger partial charge < -0.3 is 14.8 Å². The van der Waals surface area contributed by atoms with E-state index in [1.54, 1.807) is 30.3 Å². The van der Waals surface area contributed by atoms with Crippen molar-refractivity contribution >= 4 is 16.7 Å². The van der Waals surface area contributed by atoms with Crippen molar-refractivity contribution in [2.75, 3.05) is 13.2 Å². The summed E-state index contributed by atoms with van der Waals surface area (Å²) in [4.78, 5) is 24.4. The maximum Gasteiger partial charge on any atom is 0.272 e. The van der Waals surface area contributed by atoms with E-state index in [0.29, 0.717) is 46.7 Å². The number of benzene rings is 2. The van der Waals surface area contributed by atoms with E-state index >= 15 is 0 Å². The third kappa shape index (κ3) is 4.08. The molecule has 0 bridgehead atoms. The van der Waals surface area contributed by atoms with Gasteiger partial charge >= 0.3 is 0 Å². The van der Waals surface area contributed by atoms with Crippen molar-refractivity contribution in [3.05, 3.63) is 64.1 Å². The molecule has 3 aromatic rings. The van der Waals surface area contributed by atoms with Crippen LogP contribution < -0.4 is 20.3 Å². The highest BCUT2D eigenvalue weighted by Crippen LogP contribution is 2.28. The Kier molecular flexibility index (Phi) is 5.71. The molecule has 0 aliphatic heterocycles. The summed E-state index contributed by atoms with van der Waals surface area (Å²) < 4.78 is 11.1. The summed E-state index contributed by atoms with van der Waals surface area (Å²) >= 11 is 0. The van der Waals surface area contributed by atoms with Gasteiger partial charge in [-0.25, -0.2) is 5.10 Å². The molecule has 0 radical (unpaired) electrons. The molecule has 0 aliphatic carbocycles. The molecule has 2 N–H and O–H groups in total. The Balaban J connectivity index is 1.79. The Morgan fingerprint density at radius 1 is 1.04 bits per heavy atom. The Hall–Kier alpha value is -3.35. The highest BCUT2D eigenvalue weighted by molar-refractivity contribution is 5.95. The second kappa shape index (κ2) is 8.35. The standard InChI is InChI=1S/C20H21N3O4/c1-3-26-17-10-9-13(11-18(17)27-4-2)19(24)21-12-16-14-7-5-6-8-15(14)20(25)23-22-16/h5-11H,3-4,12H2,1-2H3,(H,21,24)(H,23,25). The van der Waals surface area contributed by atoms with Crippen LogP contribution in [0.25, 0.3) is 10.8 Å². The summed E-state index contributed by atoms with van der Waals surface area (Å²) in [7, 11) is 0. The van der Waals surface area contributed by atoms with Gasteiger partial charge in [0.2, 0.25) is 0 Å². The predicted molar refractivity (Wildman–Crippen MR) is 102 cm³/mol. The van der Waals surface area contributed by atoms with E-state index in [-0.39, 0.29) is 18.0 Å². The molecule has 7 nitrogen and oxygen atoms in total. The first-order valence-electron chi connectivity index (χ1n) is 8.78. The number of carbonyl (C=O) groups excluding carboxylic acids is 1. The number of carbonyl (C=O) groups is 1. The molecule has 27 heavy (non-hydrogen) atoms. The molecule has 1 aromatic heterocycles. The van der Waals surface area contributed by atoms with E-state index in [2.05, 4.69) is 15.5 Å². The Labute approximate surface area is 156 Å². The Morgan fingerprint density at radius 3 is 2.48 bits per heavy atom. The topological polar surface area (TPSA) is 93.3 Å². The van der Waals surface area contributed by atoms with Crippen molar-refractivity contribution in [2.45, 2.75) is 20.4 Å². The number of hydrogen-bond donors (Lipinski definition) is 2. The van der Waals surface area contributed by atoms with Gasteiger partial charge in [0.15, 0.2) is 11.5 Å². The number of rotatable bonds is 7. The largest absolute Gasteiger partial charge is 0.490 e. The number of aromatic nitrogens is 2. The summed E-state index contributed by atoms with van der Waals surface area (Å²) in [5, 5.41) is 10.6. The van der Waals surface area contributed by atoms with Gasteiger partial charge in [-0.3, -0.25) is 9.59 Å². The maximum absolute atomic E-state index is 12.5. The molecule has 7 heteroatoms. The lowest BCUT2D eigenvalue weighted by Crippen LogP contribution is -2.24. The zero-order valence-corrected chi connectivity index (χ0v) is 15.2. The van der Waals surface area contributed by atoms with Gasteiger partial charge in [0.1, 0.15) is 0 Å². The molecule has 0 saturated carbocycles. The van der Waals surface area contributed by atoms with Gasteiger partial charge in [-0.2, -0.15) is 5.10 Å². The highest BCUT2D eigenvalue weighted by atomic mass is 16.5. The van der Waals surface area contributed by atoms with E-state index in [9.17, 15) is 9.59 Å². The van der Waals surface area contributed by atoms with Gasteiger partial charge in [0.05, 0.1) is 30.8 Å². The zero-order valence-electron chi connectivity index (χ0n) is 15.2. The van der Waals surface area contributed by atoms with Crippen LogP contribution in [0.15, 0.2) is 47.3 Å². The molecule has 0 saturated heterocycles. The molecule has 0 fully saturated rings. The first-order valence-corrected chi connectivity index (χ1v) is 8.78. The Morgan fingerprint density at radius 2 is 1.74 bits per heavy atom. The van der Waals surface area contributed by atoms with Crippen molar-refractivity contribution in [1.82, 2.24) is 15.5 Å². The van der Waals surface area contributed by atoms with Gasteiger partial charge in [-0.1, -0.05) is 18.2 Å². The van der Waals surface area contributed by atoms with Gasteiger partial charge in [0, 0.05) is 10.9 Å². The van der Waals surface area contributed by atoms with Crippen LogP contribution in [-0.4, -0.2) is 29.3 Å². The minimum Gasteiger partial charge on any atom is -0.490 e. The third-order valence-electron chi connectivity index (χ3n) is 4.00.